The van der Waals surface area contributed by atoms with Crippen molar-refractivity contribution in [2.24, 2.45) is 0 Å². The van der Waals surface area contributed by atoms with Crippen LogP contribution < -0.4 is 0 Å². The molecule has 0 spiro atoms. The molecule has 0 heterocycles. The van der Waals surface area contributed by atoms with Gasteiger partial charge < -0.3 is 0 Å². The third-order valence-electron chi connectivity index (χ3n) is 0. The van der Waals surface area contributed by atoms with Crippen LogP contribution in [0.5, 0.6) is 0 Å². The van der Waals surface area contributed by atoms with Gasteiger partial charge in [0.2, 0.25) is 0 Å². The summed E-state index contributed by atoms with van der Waals surface area (Å²) in [5, 5.41) is 0. The Balaban J connectivity index is -0.00000000500. The molecule has 0 saturated heterocycles. The molecule has 0 nitrogen and oxygen atoms in total. The number of hydrogen-bond acceptors (Lipinski definition) is 0. The fourth-order valence-corrected chi connectivity index (χ4v) is 0. The van der Waals surface area contributed by atoms with Gasteiger partial charge in [-0.2, -0.15) is 0 Å². The minimum atomic E-state index is 0. The first-order valence-corrected chi connectivity index (χ1v) is 3.80. The van der Waals surface area contributed by atoms with Gasteiger partial charge in [0.25, 0.3) is 0 Å². The van der Waals surface area contributed by atoms with Gasteiger partial charge in [0, 0.05) is 40.5 Å². The summed E-state index contributed by atoms with van der Waals surface area (Å²) in [6.45, 7) is 0. The average molecular weight is 452 g/mol. The molecular weight excluding hydrogens is 452 g/mol. The van der Waals surface area contributed by atoms with E-state index in [-0.39, 0.29) is 40.5 Å². The van der Waals surface area contributed by atoms with Crippen LogP contribution in [-0.2, 0) is 40.5 Å². The maximum atomic E-state index is 4.73. The summed E-state index contributed by atoms with van der Waals surface area (Å²) < 4.78 is 0. The van der Waals surface area contributed by atoms with E-state index in [2.05, 4.69) is 0 Å². The number of halogens is 1. The van der Waals surface area contributed by atoms with E-state index in [0.717, 1.165) is 21.4 Å². The molecule has 0 rings (SSSR count). The Morgan fingerprint density at radius 1 is 1.25 bits per heavy atom. The molecule has 0 aliphatic rings. The van der Waals surface area contributed by atoms with Gasteiger partial charge in [0.1, 0.15) is 0 Å². The first kappa shape index (κ1) is 16.1. The molecule has 0 aromatic heterocycles. The van der Waals surface area contributed by atoms with Crippen LogP contribution in [0.2, 0.25) is 0 Å². The fraction of sp³-hybridized carbons (Fsp3) is 0. The molecule has 0 aromatic rings. The van der Waals surface area contributed by atoms with Crippen LogP contribution in [0, 0.1) is 0 Å². The Morgan fingerprint density at radius 2 is 1.25 bits per heavy atom. The van der Waals surface area contributed by atoms with Gasteiger partial charge in [-0.3, -0.25) is 0 Å². The molecule has 0 aliphatic carbocycles. The Morgan fingerprint density at radius 3 is 1.25 bits per heavy atom. The first-order valence-electron chi connectivity index (χ1n) is 0.189. The molecule has 4 radical (unpaired) electrons. The summed E-state index contributed by atoms with van der Waals surface area (Å²) in [6.07, 6.45) is 0. The van der Waals surface area contributed by atoms with Crippen molar-refractivity contribution < 1.29 is 40.5 Å². The van der Waals surface area contributed by atoms with E-state index >= 15 is 0 Å². The van der Waals surface area contributed by atoms with E-state index in [1.807, 2.05) is 0 Å². The van der Waals surface area contributed by atoms with Gasteiger partial charge in [-0.25, -0.2) is 0 Å². The third-order valence-corrected chi connectivity index (χ3v) is 0. The van der Waals surface area contributed by atoms with Gasteiger partial charge in [0.15, 0.2) is 0 Å². The third kappa shape index (κ3) is 8.83. The van der Waals surface area contributed by atoms with Crippen molar-refractivity contribution in [2.45, 2.75) is 0 Å². The summed E-state index contributed by atoms with van der Waals surface area (Å²) in [4.78, 5) is 0. The largest absolute Gasteiger partial charge is 0 e. The maximum absolute atomic E-state index is 4.73. The van der Waals surface area contributed by atoms with Crippen LogP contribution in [0.3, 0.4) is 0 Å². The summed E-state index contributed by atoms with van der Waals surface area (Å²) in [6, 6.07) is 0. The number of rotatable bonds is 0. The molecule has 0 N–H and O–H groups in total. The molecule has 0 bridgehead atoms. The predicted octanol–water partition coefficient (Wildman–Crippen LogP) is 0.304. The molecular formula is ClPtRhSn. The van der Waals surface area contributed by atoms with Crippen molar-refractivity contribution in [1.82, 2.24) is 0 Å². The van der Waals surface area contributed by atoms with Crippen molar-refractivity contribution in [3.8, 4) is 0 Å². The van der Waals surface area contributed by atoms with Crippen LogP contribution >= 0.6 is 8.92 Å². The van der Waals surface area contributed by atoms with E-state index in [4.69, 9.17) is 8.92 Å². The molecule has 0 aliphatic heterocycles. The molecule has 0 atom stereocenters. The Hall–Kier alpha value is 2.40. The summed E-state index contributed by atoms with van der Waals surface area (Å²) in [5.41, 5.74) is 0. The summed E-state index contributed by atoms with van der Waals surface area (Å²) in [5.74, 6) is 0. The molecule has 0 fully saturated rings. The smallest absolute Gasteiger partial charge is 0 e. The molecule has 0 unspecified atom stereocenters. The van der Waals surface area contributed by atoms with Crippen molar-refractivity contribution in [2.75, 3.05) is 0 Å². The van der Waals surface area contributed by atoms with Crippen molar-refractivity contribution in [3.05, 3.63) is 0 Å². The molecule has 4 heteroatoms. The van der Waals surface area contributed by atoms with E-state index in [0.29, 0.717) is 0 Å². The van der Waals surface area contributed by atoms with Crippen LogP contribution in [0.1, 0.15) is 0 Å². The predicted molar refractivity (Wildman–Crippen MR) is 11.6 cm³/mol. The first-order chi connectivity index (χ1) is 1.00. The van der Waals surface area contributed by atoms with E-state index in [1.165, 1.54) is 0 Å². The second-order valence-corrected chi connectivity index (χ2v) is 0. The summed E-state index contributed by atoms with van der Waals surface area (Å²) >= 11 is 1.02. The van der Waals surface area contributed by atoms with Gasteiger partial charge in [0.05, 0.1) is 0 Å². The Labute approximate surface area is 69.9 Å². The van der Waals surface area contributed by atoms with Crippen molar-refractivity contribution >= 4 is 30.3 Å². The second-order valence-electron chi connectivity index (χ2n) is 0. The zero-order chi connectivity index (χ0) is 2.00. The van der Waals surface area contributed by atoms with Crippen LogP contribution in [-0.4, -0.2) is 21.4 Å². The normalized spacial score (nSPS) is 1.50. The zero-order valence-electron chi connectivity index (χ0n) is 1.53. The monoisotopic (exact) mass is 453 g/mol. The standard InChI is InChI=1S/ClH.Pt.Rh.Sn/h1H;;;/q;;;+1/p-1. The van der Waals surface area contributed by atoms with Gasteiger partial charge in [-0.05, 0) is 0 Å². The fourth-order valence-electron chi connectivity index (χ4n) is 0. The van der Waals surface area contributed by atoms with Gasteiger partial charge >= 0.3 is 30.3 Å². The quantitative estimate of drug-likeness (QED) is 0.465. The second kappa shape index (κ2) is 18.1. The molecule has 0 aromatic carbocycles. The molecule has 0 saturated carbocycles. The van der Waals surface area contributed by atoms with Crippen LogP contribution in [0.4, 0.5) is 0 Å². The Bertz CT molecular complexity index is 8.00. The zero-order valence-corrected chi connectivity index (χ0v) is 9.05. The molecule has 4 heavy (non-hydrogen) atoms. The van der Waals surface area contributed by atoms with Crippen molar-refractivity contribution in [1.29, 1.82) is 0 Å². The van der Waals surface area contributed by atoms with E-state index in [9.17, 15) is 0 Å². The maximum Gasteiger partial charge on any atom is 0 e. The minimum absolute atomic E-state index is 0. The SMILES string of the molecule is [Cl][Sn].[Pt].[Rh]. The van der Waals surface area contributed by atoms with Crippen LogP contribution in [0.15, 0.2) is 0 Å². The van der Waals surface area contributed by atoms with Crippen LogP contribution in [0.25, 0.3) is 0 Å². The van der Waals surface area contributed by atoms with Gasteiger partial charge in [-0.15, -0.1) is 0 Å². The van der Waals surface area contributed by atoms with Crippen molar-refractivity contribution in [3.63, 3.8) is 0 Å². The topological polar surface area (TPSA) is 0 Å². The van der Waals surface area contributed by atoms with E-state index in [1.54, 1.807) is 0 Å². The minimum Gasteiger partial charge on any atom is 0 e. The average Bonchev–Trinajstić information content (AvgIpc) is 1.00. The molecule has 0 amide bonds. The Kier molecular flexibility index (Phi) is 73.2. The number of hydrogen-bond donors (Lipinski definition) is 0. The molecule has 30 valence electrons. The van der Waals surface area contributed by atoms with Gasteiger partial charge in [-0.1, -0.05) is 0 Å². The van der Waals surface area contributed by atoms with E-state index < -0.39 is 0 Å². The summed E-state index contributed by atoms with van der Waals surface area (Å²) in [7, 11) is 4.73.